The normalized spacial score (nSPS) is 17.7. The van der Waals surface area contributed by atoms with Crippen molar-refractivity contribution in [2.75, 3.05) is 26.3 Å². The van der Waals surface area contributed by atoms with Gasteiger partial charge in [0.05, 0.1) is 35.9 Å². The van der Waals surface area contributed by atoms with Gasteiger partial charge >= 0.3 is 12.2 Å². The fourth-order valence-corrected chi connectivity index (χ4v) is 8.62. The van der Waals surface area contributed by atoms with Crippen LogP contribution >= 0.6 is 0 Å². The van der Waals surface area contributed by atoms with Gasteiger partial charge in [-0.05, 0) is 58.5 Å². The highest BCUT2D eigenvalue weighted by Crippen LogP contribution is 2.36. The van der Waals surface area contributed by atoms with Gasteiger partial charge < -0.3 is 28.5 Å². The fourth-order valence-electron chi connectivity index (χ4n) is 7.10. The molecule has 2 amide bonds. The maximum absolute atomic E-state index is 13.2. The molecule has 2 fully saturated rings. The fraction of sp³-hybridized carbons (Fsp3) is 0.600. The Morgan fingerprint density at radius 2 is 1.09 bits per heavy atom. The van der Waals surface area contributed by atoms with Crippen molar-refractivity contribution in [3.05, 3.63) is 48.8 Å². The molecule has 0 unspecified atom stereocenters. The highest BCUT2D eigenvalue weighted by Gasteiger charge is 2.37. The number of rotatable bonds is 15. The first-order chi connectivity index (χ1) is 27.4. The molecule has 0 spiro atoms. The van der Waals surface area contributed by atoms with Crippen LogP contribution in [0.4, 0.5) is 9.59 Å². The van der Waals surface area contributed by atoms with Gasteiger partial charge in [0.25, 0.3) is 0 Å². The van der Waals surface area contributed by atoms with E-state index in [9.17, 15) is 14.7 Å². The van der Waals surface area contributed by atoms with Crippen LogP contribution in [0.2, 0.25) is 51.4 Å². The number of amides is 2. The average molecular weight is 833 g/mol. The quantitative estimate of drug-likeness (QED) is 0.0900. The zero-order valence-electron chi connectivity index (χ0n) is 35.6. The summed E-state index contributed by atoms with van der Waals surface area (Å²) in [5, 5.41) is 9.87. The molecule has 4 aromatic rings. The van der Waals surface area contributed by atoms with Crippen molar-refractivity contribution in [3.8, 4) is 34.2 Å². The maximum Gasteiger partial charge on any atom is 0.410 e. The Labute approximate surface area is 343 Å². The van der Waals surface area contributed by atoms with Gasteiger partial charge in [-0.3, -0.25) is 9.80 Å². The smallest absolute Gasteiger partial charge is 0.410 e. The molecule has 18 heteroatoms. The van der Waals surface area contributed by atoms with Gasteiger partial charge in [-0.2, -0.15) is 0 Å². The molecule has 2 saturated heterocycles. The first kappa shape index (κ1) is 43.1. The molecule has 6 rings (SSSR count). The van der Waals surface area contributed by atoms with Gasteiger partial charge in [0.2, 0.25) is 0 Å². The molecular formula is C40H60N10O6Si2. The molecule has 2 aliphatic heterocycles. The molecule has 0 aliphatic carbocycles. The predicted molar refractivity (Wildman–Crippen MR) is 225 cm³/mol. The second-order valence-electron chi connectivity index (χ2n) is 18.6. The summed E-state index contributed by atoms with van der Waals surface area (Å²) in [5.41, 5.74) is 2.37. The van der Waals surface area contributed by atoms with E-state index in [4.69, 9.17) is 24.2 Å². The zero-order chi connectivity index (χ0) is 41.8. The van der Waals surface area contributed by atoms with Gasteiger partial charge in [-0.1, -0.05) is 39.3 Å². The number of aromatic nitrogens is 8. The van der Waals surface area contributed by atoms with Crippen LogP contribution in [-0.4, -0.2) is 114 Å². The lowest BCUT2D eigenvalue weighted by Gasteiger charge is -2.29. The van der Waals surface area contributed by atoms with Crippen LogP contribution in [0.5, 0.6) is 0 Å². The van der Waals surface area contributed by atoms with Crippen LogP contribution in [0, 0.1) is 0 Å². The van der Waals surface area contributed by atoms with E-state index >= 15 is 0 Å². The zero-order valence-corrected chi connectivity index (χ0v) is 37.6. The van der Waals surface area contributed by atoms with Crippen LogP contribution in [-0.2, 0) is 27.7 Å². The Balaban J connectivity index is 1.24. The van der Waals surface area contributed by atoms with E-state index in [0.717, 1.165) is 54.1 Å². The molecule has 2 aliphatic rings. The Bertz CT molecular complexity index is 2020. The summed E-state index contributed by atoms with van der Waals surface area (Å²) >= 11 is 0. The molecule has 6 heterocycles. The van der Waals surface area contributed by atoms with Gasteiger partial charge in [-0.15, -0.1) is 0 Å². The van der Waals surface area contributed by atoms with Crippen molar-refractivity contribution in [3.63, 3.8) is 0 Å². The number of ether oxygens (including phenoxy) is 3. The van der Waals surface area contributed by atoms with E-state index in [1.165, 1.54) is 4.90 Å². The Morgan fingerprint density at radius 3 is 1.48 bits per heavy atom. The van der Waals surface area contributed by atoms with Crippen molar-refractivity contribution >= 4 is 28.3 Å². The molecule has 0 aromatic carbocycles. The third-order valence-corrected chi connectivity index (χ3v) is 13.7. The summed E-state index contributed by atoms with van der Waals surface area (Å²) in [7, 11) is -2.63. The number of nitrogens with zero attached hydrogens (tertiary/aromatic N) is 10. The van der Waals surface area contributed by atoms with Gasteiger partial charge in [0, 0.05) is 78.4 Å². The van der Waals surface area contributed by atoms with E-state index in [1.807, 2.05) is 29.9 Å². The van der Waals surface area contributed by atoms with E-state index in [1.54, 1.807) is 42.1 Å². The van der Waals surface area contributed by atoms with Crippen molar-refractivity contribution in [1.29, 1.82) is 0 Å². The van der Waals surface area contributed by atoms with Crippen LogP contribution in [0.3, 0.4) is 0 Å². The highest BCUT2D eigenvalue weighted by atomic mass is 28.3. The van der Waals surface area contributed by atoms with E-state index in [-0.39, 0.29) is 31.6 Å². The molecule has 314 valence electrons. The molecule has 0 bridgehead atoms. The van der Waals surface area contributed by atoms with Gasteiger partial charge in [-0.25, -0.2) is 39.5 Å². The number of hydrogen-bond acceptors (Lipinski definition) is 11. The third-order valence-electron chi connectivity index (χ3n) is 10.3. The van der Waals surface area contributed by atoms with Crippen molar-refractivity contribution < 1.29 is 28.9 Å². The summed E-state index contributed by atoms with van der Waals surface area (Å²) in [6.07, 6.45) is 12.2. The molecule has 1 N–H and O–H groups in total. The number of likely N-dealkylation sites (tertiary alicyclic amines) is 2. The maximum atomic E-state index is 13.2. The summed E-state index contributed by atoms with van der Waals surface area (Å²) < 4.78 is 22.1. The Hall–Kier alpha value is -4.53. The molecule has 16 nitrogen and oxygen atoms in total. The lowest BCUT2D eigenvalue weighted by molar-refractivity contribution is 0.0204. The lowest BCUT2D eigenvalue weighted by Crippen LogP contribution is -2.37. The predicted octanol–water partition coefficient (Wildman–Crippen LogP) is 8.17. The van der Waals surface area contributed by atoms with E-state index < -0.39 is 27.8 Å². The first-order valence-corrected chi connectivity index (χ1v) is 27.7. The molecule has 0 saturated carbocycles. The lowest BCUT2D eigenvalue weighted by atomic mass is 10.2. The second kappa shape index (κ2) is 17.8. The minimum atomic E-state index is -1.31. The van der Waals surface area contributed by atoms with E-state index in [0.29, 0.717) is 55.8 Å². The van der Waals surface area contributed by atoms with Crippen molar-refractivity contribution in [1.82, 2.24) is 48.8 Å². The molecule has 0 radical (unpaired) electrons. The number of imidazole rings is 2. The second-order valence-corrected chi connectivity index (χ2v) is 29.9. The number of carboxylic acid groups (broad SMARTS) is 1. The standard InChI is InChI=1S/C40H60N10O6Si2/c1-40(2,3)56-39(53)48-15-11-13-31(48)37-46-25-33(50(37)27-55-17-19-58(7,8)9)29-22-43-35(44-23-29)34-41-20-28(21-42-34)32-24-45-36(30-12-10-14-47(30)38(51)52)49(32)26-54-16-18-57(4,5)6/h20-25,30-31H,10-19,26-27H2,1-9H3,(H,51,52)/t30-,31-/m0/s1. The number of hydrogen-bond donors (Lipinski definition) is 1. The van der Waals surface area contributed by atoms with Crippen LogP contribution in [0.15, 0.2) is 37.2 Å². The summed E-state index contributed by atoms with van der Waals surface area (Å²) in [6, 6.07) is 1.42. The minimum absolute atomic E-state index is 0.243. The first-order valence-electron chi connectivity index (χ1n) is 20.3. The van der Waals surface area contributed by atoms with Crippen LogP contribution < -0.4 is 0 Å². The molecular weight excluding hydrogens is 773 g/mol. The van der Waals surface area contributed by atoms with Gasteiger partial charge in [0.15, 0.2) is 11.6 Å². The SMILES string of the molecule is CC(C)(C)OC(=O)N1CCC[C@H]1c1ncc(-c2cnc(-c3ncc(-c4cnc([C@@H]5CCCN5C(=O)O)n4COCC[Si](C)(C)C)cn3)nc2)n1COCC[Si](C)(C)C. The van der Waals surface area contributed by atoms with Crippen molar-refractivity contribution in [2.24, 2.45) is 0 Å². The third kappa shape index (κ3) is 10.7. The Morgan fingerprint density at radius 1 is 0.672 bits per heavy atom. The minimum Gasteiger partial charge on any atom is -0.465 e. The molecule has 4 aromatic heterocycles. The largest absolute Gasteiger partial charge is 0.465 e. The van der Waals surface area contributed by atoms with Crippen LogP contribution in [0.25, 0.3) is 34.2 Å². The Kier molecular flexibility index (Phi) is 13.2. The molecule has 2 atom stereocenters. The van der Waals surface area contributed by atoms with E-state index in [2.05, 4.69) is 59.2 Å². The van der Waals surface area contributed by atoms with Crippen LogP contribution in [0.1, 0.15) is 70.2 Å². The van der Waals surface area contributed by atoms with Crippen molar-refractivity contribution in [2.45, 2.75) is 129 Å². The monoisotopic (exact) mass is 832 g/mol. The summed E-state index contributed by atoms with van der Waals surface area (Å²) in [6.45, 7) is 22.3. The summed E-state index contributed by atoms with van der Waals surface area (Å²) in [4.78, 5) is 56.7. The highest BCUT2D eigenvalue weighted by molar-refractivity contribution is 6.76. The number of carbonyl (C=O) groups excluding carboxylic acids is 1. The average Bonchev–Trinajstić information content (AvgIpc) is 3.96. The van der Waals surface area contributed by atoms with Gasteiger partial charge in [0.1, 0.15) is 30.7 Å². The number of carbonyl (C=O) groups is 2. The summed E-state index contributed by atoms with van der Waals surface area (Å²) in [5.74, 6) is 2.09. The topological polar surface area (TPSA) is 176 Å². The molecule has 58 heavy (non-hydrogen) atoms.